The van der Waals surface area contributed by atoms with E-state index in [1.807, 2.05) is 0 Å². The van der Waals surface area contributed by atoms with Crippen LogP contribution in [0.2, 0.25) is 0 Å². The van der Waals surface area contributed by atoms with Gasteiger partial charge in [-0.3, -0.25) is 9.59 Å². The van der Waals surface area contributed by atoms with Gasteiger partial charge in [-0.15, -0.1) is 0 Å². The Kier molecular flexibility index (Phi) is 4.15. The summed E-state index contributed by atoms with van der Waals surface area (Å²) in [6, 6.07) is 8.53. The second-order valence-electron chi connectivity index (χ2n) is 3.07. The molecule has 82 valence electrons. The van der Waals surface area contributed by atoms with Crippen LogP contribution in [-0.4, -0.2) is 22.6 Å². The third-order valence-corrected chi connectivity index (χ3v) is 1.87. The van der Waals surface area contributed by atoms with Crippen molar-refractivity contribution in [3.8, 4) is 0 Å². The maximum absolute atomic E-state index is 11.5. The van der Waals surface area contributed by atoms with Crippen molar-refractivity contribution in [1.29, 1.82) is 0 Å². The van der Waals surface area contributed by atoms with Gasteiger partial charge >= 0.3 is 5.97 Å². The largest absolute Gasteiger partial charge is 0.475 e. The van der Waals surface area contributed by atoms with Crippen molar-refractivity contribution in [1.82, 2.24) is 0 Å². The van der Waals surface area contributed by atoms with Crippen molar-refractivity contribution in [2.24, 2.45) is 0 Å². The number of carbonyl (C=O) groups excluding carboxylic acids is 2. The Morgan fingerprint density at radius 1 is 1.12 bits per heavy atom. The SMILES string of the molecule is O=C(O)C(=O)CC=CC(=O)c1ccccc1. The average Bonchev–Trinajstić information content (AvgIpc) is 2.29. The van der Waals surface area contributed by atoms with Crippen molar-refractivity contribution < 1.29 is 19.5 Å². The third kappa shape index (κ3) is 3.49. The molecule has 16 heavy (non-hydrogen) atoms. The monoisotopic (exact) mass is 218 g/mol. The highest BCUT2D eigenvalue weighted by Gasteiger charge is 2.08. The molecule has 0 aliphatic carbocycles. The standard InChI is InChI=1S/C12H10O4/c13-10(9-5-2-1-3-6-9)7-4-8-11(14)12(15)16/h1-7H,8H2,(H,15,16). The summed E-state index contributed by atoms with van der Waals surface area (Å²) in [5.74, 6) is -2.67. The highest BCUT2D eigenvalue weighted by molar-refractivity contribution is 6.33. The van der Waals surface area contributed by atoms with Crippen LogP contribution >= 0.6 is 0 Å². The molecular weight excluding hydrogens is 208 g/mol. The summed E-state index contributed by atoms with van der Waals surface area (Å²) in [7, 11) is 0. The molecule has 4 heteroatoms. The molecule has 0 spiro atoms. The smallest absolute Gasteiger partial charge is 0.372 e. The van der Waals surface area contributed by atoms with E-state index in [-0.39, 0.29) is 12.2 Å². The Labute approximate surface area is 92.2 Å². The second kappa shape index (κ2) is 5.60. The predicted molar refractivity (Wildman–Crippen MR) is 57.2 cm³/mol. The number of carboxylic acid groups (broad SMARTS) is 1. The Morgan fingerprint density at radius 2 is 1.75 bits per heavy atom. The molecule has 0 heterocycles. The highest BCUT2D eigenvalue weighted by Crippen LogP contribution is 2.01. The molecule has 0 atom stereocenters. The van der Waals surface area contributed by atoms with E-state index in [1.54, 1.807) is 30.3 Å². The zero-order valence-corrected chi connectivity index (χ0v) is 8.42. The van der Waals surface area contributed by atoms with Gasteiger partial charge in [0.2, 0.25) is 5.78 Å². The number of hydrogen-bond donors (Lipinski definition) is 1. The number of aliphatic carboxylic acids is 1. The minimum atomic E-state index is -1.49. The van der Waals surface area contributed by atoms with E-state index in [0.29, 0.717) is 5.56 Å². The predicted octanol–water partition coefficient (Wildman–Crippen LogP) is 1.47. The molecule has 0 bridgehead atoms. The molecule has 0 aliphatic heterocycles. The summed E-state index contributed by atoms with van der Waals surface area (Å²) in [5, 5.41) is 8.30. The lowest BCUT2D eigenvalue weighted by Gasteiger charge is -1.93. The third-order valence-electron chi connectivity index (χ3n) is 1.87. The first kappa shape index (κ1) is 11.8. The first-order valence-electron chi connectivity index (χ1n) is 4.63. The molecule has 1 aromatic carbocycles. The lowest BCUT2D eigenvalue weighted by molar-refractivity contribution is -0.148. The molecule has 1 aromatic rings. The number of rotatable bonds is 5. The maximum atomic E-state index is 11.5. The van der Waals surface area contributed by atoms with Crippen molar-refractivity contribution in [3.05, 3.63) is 48.0 Å². The number of carbonyl (C=O) groups is 3. The normalized spacial score (nSPS) is 10.2. The topological polar surface area (TPSA) is 71.4 Å². The summed E-state index contributed by atoms with van der Waals surface area (Å²) < 4.78 is 0. The zero-order chi connectivity index (χ0) is 12.0. The molecule has 0 aliphatic rings. The molecule has 0 saturated carbocycles. The van der Waals surface area contributed by atoms with Gasteiger partial charge in [-0.05, 0) is 6.08 Å². The molecular formula is C12H10O4. The van der Waals surface area contributed by atoms with Crippen LogP contribution < -0.4 is 0 Å². The van der Waals surface area contributed by atoms with Crippen molar-refractivity contribution in [2.75, 3.05) is 0 Å². The number of hydrogen-bond acceptors (Lipinski definition) is 3. The van der Waals surface area contributed by atoms with Gasteiger partial charge < -0.3 is 5.11 Å². The number of benzene rings is 1. The summed E-state index contributed by atoms with van der Waals surface area (Å²) in [6.07, 6.45) is 2.19. The van der Waals surface area contributed by atoms with Crippen LogP contribution in [0.1, 0.15) is 16.8 Å². The van der Waals surface area contributed by atoms with Crippen LogP contribution in [0.15, 0.2) is 42.5 Å². The lowest BCUT2D eigenvalue weighted by Crippen LogP contribution is -2.10. The van der Waals surface area contributed by atoms with E-state index in [1.165, 1.54) is 12.2 Å². The van der Waals surface area contributed by atoms with Crippen molar-refractivity contribution in [3.63, 3.8) is 0 Å². The molecule has 1 N–H and O–H groups in total. The van der Waals surface area contributed by atoms with Crippen LogP contribution in [0.5, 0.6) is 0 Å². The van der Waals surface area contributed by atoms with Crippen molar-refractivity contribution >= 4 is 17.5 Å². The fraction of sp³-hybridized carbons (Fsp3) is 0.0833. The van der Waals surface area contributed by atoms with E-state index in [4.69, 9.17) is 5.11 Å². The zero-order valence-electron chi connectivity index (χ0n) is 8.42. The van der Waals surface area contributed by atoms with E-state index in [0.717, 1.165) is 0 Å². The summed E-state index contributed by atoms with van der Waals surface area (Å²) in [5.41, 5.74) is 0.501. The van der Waals surface area contributed by atoms with Gasteiger partial charge in [0, 0.05) is 12.0 Å². The minimum absolute atomic E-state index is 0.251. The Balaban J connectivity index is 2.56. The van der Waals surface area contributed by atoms with Gasteiger partial charge in [0.05, 0.1) is 0 Å². The average molecular weight is 218 g/mol. The number of carboxylic acids is 1. The molecule has 0 unspecified atom stereocenters. The van der Waals surface area contributed by atoms with Crippen LogP contribution in [0.3, 0.4) is 0 Å². The maximum Gasteiger partial charge on any atom is 0.372 e. The van der Waals surface area contributed by atoms with Gasteiger partial charge in [0.15, 0.2) is 5.78 Å². The van der Waals surface area contributed by atoms with Gasteiger partial charge in [0.1, 0.15) is 0 Å². The number of Topliss-reactive ketones (excluding diaryl/α,β-unsaturated/α-hetero) is 1. The fourth-order valence-corrected chi connectivity index (χ4v) is 1.06. The first-order valence-corrected chi connectivity index (χ1v) is 4.63. The fourth-order valence-electron chi connectivity index (χ4n) is 1.06. The summed E-state index contributed by atoms with van der Waals surface area (Å²) in [4.78, 5) is 32.3. The minimum Gasteiger partial charge on any atom is -0.475 e. The van der Waals surface area contributed by atoms with Gasteiger partial charge in [0.25, 0.3) is 0 Å². The molecule has 0 fully saturated rings. The number of allylic oxidation sites excluding steroid dienone is 2. The Morgan fingerprint density at radius 3 is 2.31 bits per heavy atom. The molecule has 0 aromatic heterocycles. The Bertz CT molecular complexity index is 432. The van der Waals surface area contributed by atoms with Crippen LogP contribution in [0.4, 0.5) is 0 Å². The Hall–Kier alpha value is -2.23. The van der Waals surface area contributed by atoms with Gasteiger partial charge in [-0.1, -0.05) is 36.4 Å². The molecule has 0 radical (unpaired) electrons. The molecule has 0 saturated heterocycles. The summed E-state index contributed by atoms with van der Waals surface area (Å²) >= 11 is 0. The number of ketones is 2. The van der Waals surface area contributed by atoms with Gasteiger partial charge in [-0.2, -0.15) is 0 Å². The van der Waals surface area contributed by atoms with E-state index < -0.39 is 11.8 Å². The van der Waals surface area contributed by atoms with Crippen LogP contribution in [-0.2, 0) is 9.59 Å². The van der Waals surface area contributed by atoms with Gasteiger partial charge in [-0.25, -0.2) is 4.79 Å². The van der Waals surface area contributed by atoms with Crippen molar-refractivity contribution in [2.45, 2.75) is 6.42 Å². The van der Waals surface area contributed by atoms with E-state index in [2.05, 4.69) is 0 Å². The van der Waals surface area contributed by atoms with Crippen LogP contribution in [0, 0.1) is 0 Å². The van der Waals surface area contributed by atoms with E-state index >= 15 is 0 Å². The molecule has 4 nitrogen and oxygen atoms in total. The lowest BCUT2D eigenvalue weighted by atomic mass is 10.1. The second-order valence-corrected chi connectivity index (χ2v) is 3.07. The van der Waals surface area contributed by atoms with Crippen LogP contribution in [0.25, 0.3) is 0 Å². The van der Waals surface area contributed by atoms with E-state index in [9.17, 15) is 14.4 Å². The first-order chi connectivity index (χ1) is 7.61. The highest BCUT2D eigenvalue weighted by atomic mass is 16.4. The summed E-state index contributed by atoms with van der Waals surface area (Å²) in [6.45, 7) is 0. The quantitative estimate of drug-likeness (QED) is 0.461. The molecule has 1 rings (SSSR count). The molecule has 0 amide bonds.